The number of nitrogens with one attached hydrogen (secondary N) is 1. The van der Waals surface area contributed by atoms with Crippen LogP contribution in [0.15, 0.2) is 0 Å². The van der Waals surface area contributed by atoms with Crippen LogP contribution in [0.25, 0.3) is 0 Å². The molecule has 1 saturated heterocycles. The second-order valence-corrected chi connectivity index (χ2v) is 4.79. The number of ether oxygens (including phenoxy) is 1. The Morgan fingerprint density at radius 1 is 1.57 bits per heavy atom. The van der Waals surface area contributed by atoms with Gasteiger partial charge < -0.3 is 15.0 Å². The van der Waals surface area contributed by atoms with Crippen molar-refractivity contribution in [2.45, 2.75) is 12.5 Å². The molecule has 1 unspecified atom stereocenters. The van der Waals surface area contributed by atoms with E-state index < -0.39 is 0 Å². The molecule has 84 valence electrons. The van der Waals surface area contributed by atoms with Gasteiger partial charge in [0.15, 0.2) is 0 Å². The molecule has 0 aliphatic carbocycles. The lowest BCUT2D eigenvalue weighted by atomic mass is 10.3. The Morgan fingerprint density at radius 3 is 3.07 bits per heavy atom. The average molecular weight is 218 g/mol. The van der Waals surface area contributed by atoms with Gasteiger partial charge in [-0.3, -0.25) is 0 Å². The molecule has 0 radical (unpaired) electrons. The molecule has 0 aromatic heterocycles. The largest absolute Gasteiger partial charge is 0.374 e. The smallest absolute Gasteiger partial charge is 0.0826 e. The number of likely N-dealkylation sites (N-methyl/N-ethyl adjacent to an activating group) is 1. The Labute approximate surface area is 91.6 Å². The Kier molecular flexibility index (Phi) is 6.60. The quantitative estimate of drug-likeness (QED) is 0.662. The molecule has 1 aliphatic heterocycles. The molecule has 4 heteroatoms. The van der Waals surface area contributed by atoms with Crippen LogP contribution in [0.1, 0.15) is 6.42 Å². The van der Waals surface area contributed by atoms with E-state index in [1.807, 2.05) is 11.8 Å². The summed E-state index contributed by atoms with van der Waals surface area (Å²) in [5, 5.41) is 3.35. The highest BCUT2D eigenvalue weighted by Crippen LogP contribution is 2.01. The third-order valence-electron chi connectivity index (χ3n) is 2.41. The standard InChI is InChI=1S/C10H22N2OS/c1-12(5-3-7-14-2)9-10-8-11-4-6-13-10/h10-11H,3-9H2,1-2H3. The summed E-state index contributed by atoms with van der Waals surface area (Å²) < 4.78 is 5.65. The molecule has 0 saturated carbocycles. The first kappa shape index (κ1) is 12.3. The van der Waals surface area contributed by atoms with Gasteiger partial charge in [0.25, 0.3) is 0 Å². The van der Waals surface area contributed by atoms with Crippen LogP contribution in [0.3, 0.4) is 0 Å². The van der Waals surface area contributed by atoms with Crippen LogP contribution >= 0.6 is 11.8 Å². The Morgan fingerprint density at radius 2 is 2.43 bits per heavy atom. The van der Waals surface area contributed by atoms with E-state index in [2.05, 4.69) is 23.5 Å². The van der Waals surface area contributed by atoms with Gasteiger partial charge in [0.2, 0.25) is 0 Å². The van der Waals surface area contributed by atoms with E-state index in [4.69, 9.17) is 4.74 Å². The van der Waals surface area contributed by atoms with Gasteiger partial charge in [-0.15, -0.1) is 0 Å². The minimum atomic E-state index is 0.392. The molecule has 1 fully saturated rings. The van der Waals surface area contributed by atoms with E-state index in [9.17, 15) is 0 Å². The molecule has 3 nitrogen and oxygen atoms in total. The Balaban J connectivity index is 2.03. The van der Waals surface area contributed by atoms with Crippen molar-refractivity contribution in [2.24, 2.45) is 0 Å². The summed E-state index contributed by atoms with van der Waals surface area (Å²) in [7, 11) is 2.18. The van der Waals surface area contributed by atoms with Crippen LogP contribution in [-0.2, 0) is 4.74 Å². The van der Waals surface area contributed by atoms with Crippen LogP contribution in [0.2, 0.25) is 0 Å². The topological polar surface area (TPSA) is 24.5 Å². The molecule has 14 heavy (non-hydrogen) atoms. The van der Waals surface area contributed by atoms with E-state index in [0.717, 1.165) is 26.2 Å². The predicted molar refractivity (Wildman–Crippen MR) is 63.1 cm³/mol. The van der Waals surface area contributed by atoms with Gasteiger partial charge in [-0.1, -0.05) is 0 Å². The molecule has 1 rings (SSSR count). The third kappa shape index (κ3) is 5.20. The zero-order chi connectivity index (χ0) is 10.2. The first-order valence-electron chi connectivity index (χ1n) is 5.32. The van der Waals surface area contributed by atoms with E-state index in [0.29, 0.717) is 6.10 Å². The number of thioether (sulfide) groups is 1. The van der Waals surface area contributed by atoms with Crippen molar-refractivity contribution >= 4 is 11.8 Å². The molecular formula is C10H22N2OS. The lowest BCUT2D eigenvalue weighted by Crippen LogP contribution is -2.44. The van der Waals surface area contributed by atoms with Gasteiger partial charge >= 0.3 is 0 Å². The molecule has 0 spiro atoms. The van der Waals surface area contributed by atoms with Crippen LogP contribution < -0.4 is 5.32 Å². The highest BCUT2D eigenvalue weighted by atomic mass is 32.2. The summed E-state index contributed by atoms with van der Waals surface area (Å²) >= 11 is 1.92. The van der Waals surface area contributed by atoms with E-state index in [-0.39, 0.29) is 0 Å². The summed E-state index contributed by atoms with van der Waals surface area (Å²) in [5.41, 5.74) is 0. The lowest BCUT2D eigenvalue weighted by Gasteiger charge is -2.27. The fourth-order valence-corrected chi connectivity index (χ4v) is 2.07. The maximum Gasteiger partial charge on any atom is 0.0826 e. The SMILES string of the molecule is CSCCCN(C)CC1CNCCO1. The van der Waals surface area contributed by atoms with Gasteiger partial charge in [-0.2, -0.15) is 11.8 Å². The molecule has 1 heterocycles. The van der Waals surface area contributed by atoms with E-state index >= 15 is 0 Å². The van der Waals surface area contributed by atoms with Crippen molar-refractivity contribution in [1.82, 2.24) is 10.2 Å². The monoisotopic (exact) mass is 218 g/mol. The van der Waals surface area contributed by atoms with Gasteiger partial charge in [0, 0.05) is 19.6 Å². The molecule has 1 aliphatic rings. The van der Waals surface area contributed by atoms with Gasteiger partial charge in [-0.05, 0) is 32.0 Å². The molecule has 1 atom stereocenters. The van der Waals surface area contributed by atoms with Gasteiger partial charge in [-0.25, -0.2) is 0 Å². The predicted octanol–water partition coefficient (Wildman–Crippen LogP) is 0.660. The van der Waals surface area contributed by atoms with Crippen LogP contribution in [-0.4, -0.2) is 62.8 Å². The van der Waals surface area contributed by atoms with Crippen molar-refractivity contribution in [3.05, 3.63) is 0 Å². The number of morpholine rings is 1. The van der Waals surface area contributed by atoms with E-state index in [1.165, 1.54) is 18.7 Å². The molecule has 1 N–H and O–H groups in total. The molecule has 0 aromatic rings. The highest BCUT2D eigenvalue weighted by Gasteiger charge is 2.14. The maximum absolute atomic E-state index is 5.65. The van der Waals surface area contributed by atoms with Crippen LogP contribution in [0.4, 0.5) is 0 Å². The number of hydrogen-bond acceptors (Lipinski definition) is 4. The molecular weight excluding hydrogens is 196 g/mol. The second kappa shape index (κ2) is 7.51. The van der Waals surface area contributed by atoms with Crippen molar-refractivity contribution in [2.75, 3.05) is 51.8 Å². The third-order valence-corrected chi connectivity index (χ3v) is 3.10. The Bertz CT molecular complexity index is 140. The van der Waals surface area contributed by atoms with Crippen molar-refractivity contribution in [1.29, 1.82) is 0 Å². The number of rotatable bonds is 6. The molecule has 0 bridgehead atoms. The second-order valence-electron chi connectivity index (χ2n) is 3.81. The Hall–Kier alpha value is 0.230. The summed E-state index contributed by atoms with van der Waals surface area (Å²) in [6.07, 6.45) is 3.83. The fourth-order valence-electron chi connectivity index (χ4n) is 1.65. The highest BCUT2D eigenvalue weighted by molar-refractivity contribution is 7.98. The van der Waals surface area contributed by atoms with Gasteiger partial charge in [0.1, 0.15) is 0 Å². The first-order chi connectivity index (χ1) is 6.83. The summed E-state index contributed by atoms with van der Waals surface area (Å²) in [5.74, 6) is 1.26. The molecule has 0 amide bonds. The van der Waals surface area contributed by atoms with Crippen LogP contribution in [0.5, 0.6) is 0 Å². The summed E-state index contributed by atoms with van der Waals surface area (Å²) in [6.45, 7) is 5.12. The first-order valence-corrected chi connectivity index (χ1v) is 6.72. The summed E-state index contributed by atoms with van der Waals surface area (Å²) in [4.78, 5) is 2.37. The average Bonchev–Trinajstić information content (AvgIpc) is 2.20. The van der Waals surface area contributed by atoms with E-state index in [1.54, 1.807) is 0 Å². The zero-order valence-electron chi connectivity index (χ0n) is 9.29. The number of nitrogens with zero attached hydrogens (tertiary/aromatic N) is 1. The van der Waals surface area contributed by atoms with Crippen molar-refractivity contribution < 1.29 is 4.74 Å². The van der Waals surface area contributed by atoms with Crippen LogP contribution in [0, 0.1) is 0 Å². The summed E-state index contributed by atoms with van der Waals surface area (Å²) in [6, 6.07) is 0. The van der Waals surface area contributed by atoms with Crippen molar-refractivity contribution in [3.8, 4) is 0 Å². The maximum atomic E-state index is 5.65. The number of hydrogen-bond donors (Lipinski definition) is 1. The molecule has 0 aromatic carbocycles. The normalized spacial score (nSPS) is 22.9. The minimum absolute atomic E-state index is 0.392. The minimum Gasteiger partial charge on any atom is -0.374 e. The van der Waals surface area contributed by atoms with Crippen molar-refractivity contribution in [3.63, 3.8) is 0 Å². The van der Waals surface area contributed by atoms with Gasteiger partial charge in [0.05, 0.1) is 12.7 Å². The zero-order valence-corrected chi connectivity index (χ0v) is 10.1. The fraction of sp³-hybridized carbons (Fsp3) is 1.00. The lowest BCUT2D eigenvalue weighted by molar-refractivity contribution is 0.0102.